The van der Waals surface area contributed by atoms with Gasteiger partial charge in [-0.05, 0) is 63.3 Å². The molecule has 0 radical (unpaired) electrons. The molecule has 110 valence electrons. The van der Waals surface area contributed by atoms with E-state index in [0.29, 0.717) is 24.3 Å². The summed E-state index contributed by atoms with van der Waals surface area (Å²) in [6, 6.07) is 6.52. The van der Waals surface area contributed by atoms with E-state index in [-0.39, 0.29) is 5.97 Å². The Morgan fingerprint density at radius 2 is 2.05 bits per heavy atom. The van der Waals surface area contributed by atoms with Gasteiger partial charge in [0.15, 0.2) is 0 Å². The van der Waals surface area contributed by atoms with Crippen molar-refractivity contribution in [1.82, 2.24) is 0 Å². The predicted octanol–water partition coefficient (Wildman–Crippen LogP) is 2.85. The number of nitrogens with one attached hydrogen (secondary N) is 1. The van der Waals surface area contributed by atoms with Crippen LogP contribution in [-0.2, 0) is 4.74 Å². The fraction of sp³-hybridized carbons (Fsp3) is 0.562. The molecule has 0 bridgehead atoms. The van der Waals surface area contributed by atoms with Gasteiger partial charge in [0.2, 0.25) is 0 Å². The third-order valence-electron chi connectivity index (χ3n) is 3.87. The third-order valence-corrected chi connectivity index (χ3v) is 3.87. The van der Waals surface area contributed by atoms with Crippen molar-refractivity contribution in [3.63, 3.8) is 0 Å². The lowest BCUT2D eigenvalue weighted by Crippen LogP contribution is -2.32. The summed E-state index contributed by atoms with van der Waals surface area (Å²) in [7, 11) is 0. The van der Waals surface area contributed by atoms with Crippen molar-refractivity contribution in [1.29, 1.82) is 0 Å². The molecule has 1 fully saturated rings. The zero-order chi connectivity index (χ0) is 14.5. The highest BCUT2D eigenvalue weighted by Gasteiger charge is 2.19. The number of benzene rings is 1. The largest absolute Gasteiger partial charge is 0.462 e. The third kappa shape index (κ3) is 3.73. The summed E-state index contributed by atoms with van der Waals surface area (Å²) < 4.78 is 5.01. The van der Waals surface area contributed by atoms with E-state index in [1.165, 1.54) is 0 Å². The van der Waals surface area contributed by atoms with Gasteiger partial charge >= 0.3 is 5.97 Å². The molecular formula is C16H24N2O2. The van der Waals surface area contributed by atoms with Gasteiger partial charge in [-0.1, -0.05) is 0 Å². The molecule has 1 aliphatic carbocycles. The zero-order valence-electron chi connectivity index (χ0n) is 12.3. The molecule has 0 aromatic heterocycles. The maximum atomic E-state index is 11.7. The number of carbonyl (C=O) groups excluding carboxylic acids is 1. The molecule has 0 amide bonds. The lowest BCUT2D eigenvalue weighted by atomic mass is 9.91. The van der Waals surface area contributed by atoms with Crippen LogP contribution in [0.15, 0.2) is 18.2 Å². The number of rotatable bonds is 4. The van der Waals surface area contributed by atoms with Crippen molar-refractivity contribution in [3.8, 4) is 0 Å². The highest BCUT2D eigenvalue weighted by molar-refractivity contribution is 5.90. The minimum Gasteiger partial charge on any atom is -0.462 e. The number of anilines is 1. The first kappa shape index (κ1) is 14.9. The molecular weight excluding hydrogens is 252 g/mol. The summed E-state index contributed by atoms with van der Waals surface area (Å²) in [5.41, 5.74) is 8.70. The van der Waals surface area contributed by atoms with E-state index in [0.717, 1.165) is 36.9 Å². The number of ether oxygens (including phenoxy) is 1. The first-order valence-electron chi connectivity index (χ1n) is 7.40. The van der Waals surface area contributed by atoms with Crippen LogP contribution in [0, 0.1) is 6.92 Å². The minimum atomic E-state index is -0.259. The van der Waals surface area contributed by atoms with Gasteiger partial charge in [0.1, 0.15) is 0 Å². The maximum Gasteiger partial charge on any atom is 0.338 e. The molecule has 1 aromatic carbocycles. The van der Waals surface area contributed by atoms with Gasteiger partial charge in [0, 0.05) is 17.8 Å². The van der Waals surface area contributed by atoms with E-state index in [1.54, 1.807) is 0 Å². The molecule has 2 rings (SSSR count). The first-order valence-corrected chi connectivity index (χ1v) is 7.40. The van der Waals surface area contributed by atoms with Gasteiger partial charge in [0.05, 0.1) is 12.2 Å². The summed E-state index contributed by atoms with van der Waals surface area (Å²) in [5.74, 6) is -0.259. The molecule has 3 N–H and O–H groups in total. The van der Waals surface area contributed by atoms with Crippen LogP contribution in [0.4, 0.5) is 5.69 Å². The number of hydrogen-bond acceptors (Lipinski definition) is 4. The van der Waals surface area contributed by atoms with Crippen LogP contribution in [0.3, 0.4) is 0 Å². The van der Waals surface area contributed by atoms with Crippen molar-refractivity contribution < 1.29 is 9.53 Å². The quantitative estimate of drug-likeness (QED) is 0.830. The summed E-state index contributed by atoms with van der Waals surface area (Å²) in [6.07, 6.45) is 4.38. The van der Waals surface area contributed by atoms with E-state index < -0.39 is 0 Å². The molecule has 0 unspecified atom stereocenters. The van der Waals surface area contributed by atoms with Crippen molar-refractivity contribution in [2.24, 2.45) is 5.73 Å². The van der Waals surface area contributed by atoms with Gasteiger partial charge < -0.3 is 15.8 Å². The number of carbonyl (C=O) groups is 1. The summed E-state index contributed by atoms with van der Waals surface area (Å²) >= 11 is 0. The van der Waals surface area contributed by atoms with Crippen LogP contribution in [0.25, 0.3) is 0 Å². The Morgan fingerprint density at radius 3 is 2.65 bits per heavy atom. The highest BCUT2D eigenvalue weighted by atomic mass is 16.5. The average Bonchev–Trinajstić information content (AvgIpc) is 2.43. The summed E-state index contributed by atoms with van der Waals surface area (Å²) in [4.78, 5) is 11.7. The van der Waals surface area contributed by atoms with E-state index in [9.17, 15) is 4.79 Å². The molecule has 1 aromatic rings. The normalized spacial score (nSPS) is 22.4. The molecule has 0 saturated heterocycles. The zero-order valence-corrected chi connectivity index (χ0v) is 12.3. The Labute approximate surface area is 120 Å². The SMILES string of the molecule is CCOC(=O)c1ccc(NC2CCC(N)CC2)c(C)c1. The lowest BCUT2D eigenvalue weighted by molar-refractivity contribution is 0.0526. The fourth-order valence-corrected chi connectivity index (χ4v) is 2.65. The molecule has 1 aliphatic rings. The molecule has 1 saturated carbocycles. The van der Waals surface area contributed by atoms with E-state index in [1.807, 2.05) is 32.0 Å². The summed E-state index contributed by atoms with van der Waals surface area (Å²) in [5, 5.41) is 3.56. The van der Waals surface area contributed by atoms with Crippen LogP contribution < -0.4 is 11.1 Å². The van der Waals surface area contributed by atoms with Crippen molar-refractivity contribution in [2.45, 2.75) is 51.6 Å². The Bertz CT molecular complexity index is 466. The molecule has 0 atom stereocenters. The standard InChI is InChI=1S/C16H24N2O2/c1-3-20-16(19)12-4-9-15(11(2)10-12)18-14-7-5-13(17)6-8-14/h4,9-10,13-14,18H,3,5-8,17H2,1-2H3. The molecule has 0 spiro atoms. The molecule has 20 heavy (non-hydrogen) atoms. The van der Waals surface area contributed by atoms with E-state index in [4.69, 9.17) is 10.5 Å². The van der Waals surface area contributed by atoms with Gasteiger partial charge in [-0.15, -0.1) is 0 Å². The predicted molar refractivity (Wildman–Crippen MR) is 81.0 cm³/mol. The van der Waals surface area contributed by atoms with E-state index in [2.05, 4.69) is 5.32 Å². The maximum absolute atomic E-state index is 11.7. The number of hydrogen-bond donors (Lipinski definition) is 2. The van der Waals surface area contributed by atoms with Crippen LogP contribution in [-0.4, -0.2) is 24.7 Å². The molecule has 0 heterocycles. The van der Waals surface area contributed by atoms with Crippen LogP contribution in [0.5, 0.6) is 0 Å². The van der Waals surface area contributed by atoms with Gasteiger partial charge in [-0.2, -0.15) is 0 Å². The first-order chi connectivity index (χ1) is 9.60. The van der Waals surface area contributed by atoms with Crippen molar-refractivity contribution in [2.75, 3.05) is 11.9 Å². The highest BCUT2D eigenvalue weighted by Crippen LogP contribution is 2.24. The smallest absolute Gasteiger partial charge is 0.338 e. The second-order valence-corrected chi connectivity index (χ2v) is 5.51. The molecule has 4 heteroatoms. The van der Waals surface area contributed by atoms with E-state index >= 15 is 0 Å². The Morgan fingerprint density at radius 1 is 1.35 bits per heavy atom. The average molecular weight is 276 g/mol. The Kier molecular flexibility index (Phi) is 5.01. The number of nitrogens with two attached hydrogens (primary N) is 1. The van der Waals surface area contributed by atoms with Crippen molar-refractivity contribution >= 4 is 11.7 Å². The topological polar surface area (TPSA) is 64.3 Å². The Hall–Kier alpha value is -1.55. The fourth-order valence-electron chi connectivity index (χ4n) is 2.65. The van der Waals surface area contributed by atoms with Gasteiger partial charge in [0.25, 0.3) is 0 Å². The van der Waals surface area contributed by atoms with Crippen LogP contribution >= 0.6 is 0 Å². The molecule has 4 nitrogen and oxygen atoms in total. The van der Waals surface area contributed by atoms with Crippen LogP contribution in [0.2, 0.25) is 0 Å². The van der Waals surface area contributed by atoms with Gasteiger partial charge in [-0.3, -0.25) is 0 Å². The van der Waals surface area contributed by atoms with Crippen LogP contribution in [0.1, 0.15) is 48.5 Å². The number of esters is 1. The number of aryl methyl sites for hydroxylation is 1. The molecule has 0 aliphatic heterocycles. The summed E-state index contributed by atoms with van der Waals surface area (Å²) in [6.45, 7) is 4.23. The monoisotopic (exact) mass is 276 g/mol. The Balaban J connectivity index is 2.00. The minimum absolute atomic E-state index is 0.259. The lowest BCUT2D eigenvalue weighted by Gasteiger charge is -2.28. The van der Waals surface area contributed by atoms with Gasteiger partial charge in [-0.25, -0.2) is 4.79 Å². The van der Waals surface area contributed by atoms with Crippen molar-refractivity contribution in [3.05, 3.63) is 29.3 Å². The second kappa shape index (κ2) is 6.75. The second-order valence-electron chi connectivity index (χ2n) is 5.51.